The minimum absolute atomic E-state index is 0.0244. The van der Waals surface area contributed by atoms with Gasteiger partial charge in [-0.05, 0) is 39.0 Å². The molecule has 0 spiro atoms. The van der Waals surface area contributed by atoms with Crippen LogP contribution in [0.25, 0.3) is 0 Å². The Morgan fingerprint density at radius 2 is 1.92 bits per heavy atom. The predicted molar refractivity (Wildman–Crippen MR) is 98.9 cm³/mol. The Labute approximate surface area is 154 Å². The SMILES string of the molecule is CC(C)NC(=O)c1cc(NC(=O)N[C@H](C)c2nnc(N)s2)ccc1Cl. The number of urea groups is 1. The van der Waals surface area contributed by atoms with E-state index in [4.69, 9.17) is 17.3 Å². The molecule has 0 bridgehead atoms. The third-order valence-corrected chi connectivity index (χ3v) is 4.33. The highest BCUT2D eigenvalue weighted by Crippen LogP contribution is 2.22. The second kappa shape index (κ2) is 8.13. The zero-order valence-electron chi connectivity index (χ0n) is 14.0. The van der Waals surface area contributed by atoms with E-state index in [2.05, 4.69) is 26.1 Å². The molecule has 2 rings (SSSR count). The summed E-state index contributed by atoms with van der Waals surface area (Å²) < 4.78 is 0. The monoisotopic (exact) mass is 382 g/mol. The van der Waals surface area contributed by atoms with Crippen LogP contribution in [-0.4, -0.2) is 28.2 Å². The summed E-state index contributed by atoms with van der Waals surface area (Å²) in [6, 6.07) is 3.87. The largest absolute Gasteiger partial charge is 0.374 e. The molecule has 1 aromatic heterocycles. The Kier molecular flexibility index (Phi) is 6.16. The molecule has 134 valence electrons. The zero-order chi connectivity index (χ0) is 18.6. The van der Waals surface area contributed by atoms with Gasteiger partial charge >= 0.3 is 6.03 Å². The number of rotatable bonds is 5. The van der Waals surface area contributed by atoms with E-state index in [0.717, 1.165) is 0 Å². The normalized spacial score (nSPS) is 11.9. The van der Waals surface area contributed by atoms with Crippen molar-refractivity contribution in [2.24, 2.45) is 0 Å². The highest BCUT2D eigenvalue weighted by Gasteiger charge is 2.16. The summed E-state index contributed by atoms with van der Waals surface area (Å²) in [6.07, 6.45) is 0. The number of anilines is 2. The molecule has 5 N–H and O–H groups in total. The number of nitrogens with zero attached hydrogens (tertiary/aromatic N) is 2. The highest BCUT2D eigenvalue weighted by molar-refractivity contribution is 7.15. The van der Waals surface area contributed by atoms with Crippen LogP contribution in [-0.2, 0) is 0 Å². The van der Waals surface area contributed by atoms with Crippen LogP contribution < -0.4 is 21.7 Å². The van der Waals surface area contributed by atoms with Crippen LogP contribution in [0.3, 0.4) is 0 Å². The molecule has 1 heterocycles. The number of nitrogen functional groups attached to an aromatic ring is 1. The molecule has 25 heavy (non-hydrogen) atoms. The van der Waals surface area contributed by atoms with Gasteiger partial charge in [0.2, 0.25) is 5.13 Å². The van der Waals surface area contributed by atoms with Crippen LogP contribution in [0.4, 0.5) is 15.6 Å². The number of hydrogen-bond acceptors (Lipinski definition) is 6. The van der Waals surface area contributed by atoms with Crippen LogP contribution in [0.15, 0.2) is 18.2 Å². The van der Waals surface area contributed by atoms with Crippen LogP contribution in [0.1, 0.15) is 42.2 Å². The van der Waals surface area contributed by atoms with Crippen molar-refractivity contribution in [2.45, 2.75) is 32.9 Å². The average molecular weight is 383 g/mol. The Morgan fingerprint density at radius 3 is 2.52 bits per heavy atom. The molecular weight excluding hydrogens is 364 g/mol. The number of aromatic nitrogens is 2. The maximum atomic E-state index is 12.1. The molecule has 1 aromatic carbocycles. The first-order valence-corrected chi connectivity index (χ1v) is 8.72. The summed E-state index contributed by atoms with van der Waals surface area (Å²) in [5, 5.41) is 17.0. The third kappa shape index (κ3) is 5.30. The van der Waals surface area contributed by atoms with Crippen molar-refractivity contribution < 1.29 is 9.59 Å². The summed E-state index contributed by atoms with van der Waals surface area (Å²) in [4.78, 5) is 24.2. The van der Waals surface area contributed by atoms with E-state index < -0.39 is 6.03 Å². The molecule has 8 nitrogen and oxygen atoms in total. The second-order valence-electron chi connectivity index (χ2n) is 5.62. The van der Waals surface area contributed by atoms with Crippen LogP contribution in [0, 0.1) is 0 Å². The number of carbonyl (C=O) groups is 2. The van der Waals surface area contributed by atoms with Gasteiger partial charge in [0.1, 0.15) is 5.01 Å². The Morgan fingerprint density at radius 1 is 1.20 bits per heavy atom. The lowest BCUT2D eigenvalue weighted by molar-refractivity contribution is 0.0943. The summed E-state index contributed by atoms with van der Waals surface area (Å²) in [6.45, 7) is 5.47. The van der Waals surface area contributed by atoms with E-state index in [-0.39, 0.29) is 23.6 Å². The first-order chi connectivity index (χ1) is 11.8. The lowest BCUT2D eigenvalue weighted by Gasteiger charge is -2.14. The van der Waals surface area contributed by atoms with Crippen molar-refractivity contribution in [3.63, 3.8) is 0 Å². The highest BCUT2D eigenvalue weighted by atomic mass is 35.5. The maximum absolute atomic E-state index is 12.1. The fraction of sp³-hybridized carbons (Fsp3) is 0.333. The number of nitrogens with two attached hydrogens (primary N) is 1. The molecule has 3 amide bonds. The van der Waals surface area contributed by atoms with Gasteiger partial charge in [-0.25, -0.2) is 4.79 Å². The molecule has 1 atom stereocenters. The van der Waals surface area contributed by atoms with E-state index in [1.54, 1.807) is 19.1 Å². The van der Waals surface area contributed by atoms with Crippen molar-refractivity contribution >= 4 is 45.7 Å². The van der Waals surface area contributed by atoms with Gasteiger partial charge < -0.3 is 21.7 Å². The van der Waals surface area contributed by atoms with Gasteiger partial charge in [-0.15, -0.1) is 10.2 Å². The number of halogens is 1. The second-order valence-corrected chi connectivity index (χ2v) is 7.07. The molecule has 0 saturated heterocycles. The number of benzene rings is 1. The summed E-state index contributed by atoms with van der Waals surface area (Å²) >= 11 is 7.26. The van der Waals surface area contributed by atoms with Gasteiger partial charge in [0, 0.05) is 11.7 Å². The fourth-order valence-corrected chi connectivity index (χ4v) is 2.78. The standard InChI is InChI=1S/C15H19ClN6O2S/c1-7(2)18-12(23)10-6-9(4-5-11(10)16)20-15(24)19-8(3)13-21-22-14(17)25-13/h4-8H,1-3H3,(H2,17,22)(H,18,23)(H2,19,20,24)/t8-/m1/s1. The lowest BCUT2D eigenvalue weighted by atomic mass is 10.1. The number of amides is 3. The first kappa shape index (κ1) is 18.9. The van der Waals surface area contributed by atoms with Crippen molar-refractivity contribution in [1.82, 2.24) is 20.8 Å². The Balaban J connectivity index is 2.04. The van der Waals surface area contributed by atoms with E-state index in [9.17, 15) is 9.59 Å². The zero-order valence-corrected chi connectivity index (χ0v) is 15.5. The van der Waals surface area contributed by atoms with Gasteiger partial charge in [0.25, 0.3) is 5.91 Å². The molecular formula is C15H19ClN6O2S. The van der Waals surface area contributed by atoms with E-state index in [0.29, 0.717) is 20.8 Å². The third-order valence-electron chi connectivity index (χ3n) is 3.06. The maximum Gasteiger partial charge on any atom is 0.319 e. The van der Waals surface area contributed by atoms with Crippen molar-refractivity contribution in [1.29, 1.82) is 0 Å². The van der Waals surface area contributed by atoms with Crippen molar-refractivity contribution in [3.05, 3.63) is 33.8 Å². The van der Waals surface area contributed by atoms with Crippen LogP contribution in [0.2, 0.25) is 5.02 Å². The minimum Gasteiger partial charge on any atom is -0.374 e. The number of nitrogens with one attached hydrogen (secondary N) is 3. The molecule has 0 aliphatic heterocycles. The van der Waals surface area contributed by atoms with E-state index in [1.807, 2.05) is 13.8 Å². The molecule has 0 unspecified atom stereocenters. The fourth-order valence-electron chi connectivity index (χ4n) is 1.96. The lowest BCUT2D eigenvalue weighted by Crippen LogP contribution is -2.32. The van der Waals surface area contributed by atoms with Crippen molar-refractivity contribution in [2.75, 3.05) is 11.1 Å². The average Bonchev–Trinajstić information content (AvgIpc) is 2.95. The molecule has 0 aliphatic carbocycles. The van der Waals surface area contributed by atoms with E-state index in [1.165, 1.54) is 17.4 Å². The first-order valence-electron chi connectivity index (χ1n) is 7.53. The van der Waals surface area contributed by atoms with Gasteiger partial charge in [-0.1, -0.05) is 22.9 Å². The quantitative estimate of drug-likeness (QED) is 0.633. The molecule has 0 radical (unpaired) electrons. The summed E-state index contributed by atoms with van der Waals surface area (Å²) in [7, 11) is 0. The van der Waals surface area contributed by atoms with Gasteiger partial charge in [-0.3, -0.25) is 4.79 Å². The van der Waals surface area contributed by atoms with E-state index >= 15 is 0 Å². The number of carbonyl (C=O) groups excluding carboxylic acids is 2. The molecule has 10 heteroatoms. The summed E-state index contributed by atoms with van der Waals surface area (Å²) in [5.74, 6) is -0.304. The predicted octanol–water partition coefficient (Wildman–Crippen LogP) is 2.79. The molecule has 0 aliphatic rings. The Hall–Kier alpha value is -2.39. The summed E-state index contributed by atoms with van der Waals surface area (Å²) in [5.41, 5.74) is 6.26. The molecule has 0 fully saturated rings. The topological polar surface area (TPSA) is 122 Å². The van der Waals surface area contributed by atoms with Crippen LogP contribution >= 0.6 is 22.9 Å². The molecule has 2 aromatic rings. The van der Waals surface area contributed by atoms with Crippen LogP contribution in [0.5, 0.6) is 0 Å². The van der Waals surface area contributed by atoms with Gasteiger partial charge in [-0.2, -0.15) is 0 Å². The van der Waals surface area contributed by atoms with Gasteiger partial charge in [0.05, 0.1) is 16.6 Å². The van der Waals surface area contributed by atoms with Gasteiger partial charge in [0.15, 0.2) is 0 Å². The number of hydrogen-bond donors (Lipinski definition) is 4. The minimum atomic E-state index is -0.446. The smallest absolute Gasteiger partial charge is 0.319 e. The Bertz CT molecular complexity index is 779. The van der Waals surface area contributed by atoms with Crippen molar-refractivity contribution in [3.8, 4) is 0 Å². The molecule has 0 saturated carbocycles.